The number of para-hydroxylation sites is 1. The summed E-state index contributed by atoms with van der Waals surface area (Å²) in [5.74, 6) is 0.867. The second-order valence-corrected chi connectivity index (χ2v) is 6.08. The Hall–Kier alpha value is -1.29. The van der Waals surface area contributed by atoms with Gasteiger partial charge in [-0.1, -0.05) is 48.9 Å². The van der Waals surface area contributed by atoms with E-state index in [1.165, 1.54) is 0 Å². The summed E-state index contributed by atoms with van der Waals surface area (Å²) in [6, 6.07) is 15.9. The van der Waals surface area contributed by atoms with Crippen molar-refractivity contribution < 1.29 is 4.42 Å². The lowest BCUT2D eigenvalue weighted by Crippen LogP contribution is -2.21. The summed E-state index contributed by atoms with van der Waals surface area (Å²) < 4.78 is 7.01. The molecule has 2 nitrogen and oxygen atoms in total. The first-order valence-electron chi connectivity index (χ1n) is 6.86. The lowest BCUT2D eigenvalue weighted by atomic mass is 10.0. The maximum atomic E-state index is 6.34. The highest BCUT2D eigenvalue weighted by Crippen LogP contribution is 2.34. The van der Waals surface area contributed by atoms with Crippen molar-refractivity contribution in [1.29, 1.82) is 0 Å². The number of hydrogen-bond acceptors (Lipinski definition) is 2. The first kappa shape index (κ1) is 14.6. The highest BCUT2D eigenvalue weighted by molar-refractivity contribution is 9.10. The Kier molecular flexibility index (Phi) is 4.34. The zero-order valence-corrected chi connectivity index (χ0v) is 13.9. The van der Waals surface area contributed by atoms with Crippen LogP contribution in [0.3, 0.4) is 0 Å². The molecule has 3 rings (SSSR count). The monoisotopic (exact) mass is 363 g/mol. The highest BCUT2D eigenvalue weighted by atomic mass is 79.9. The molecule has 108 valence electrons. The molecule has 2 aromatic carbocycles. The van der Waals surface area contributed by atoms with E-state index in [4.69, 9.17) is 16.0 Å². The molecule has 1 N–H and O–H groups in total. The number of hydrogen-bond donors (Lipinski definition) is 1. The zero-order chi connectivity index (χ0) is 14.8. The van der Waals surface area contributed by atoms with Crippen LogP contribution in [-0.2, 0) is 0 Å². The smallest absolute Gasteiger partial charge is 0.148 e. The standard InChI is InChI=1S/C17H15BrClNO/c1-2-20-16(12-7-3-4-9-14(12)19)15-10-11-6-5-8-13(18)17(11)21-15/h3-10,16,20H,2H2,1H3. The van der Waals surface area contributed by atoms with Gasteiger partial charge in [0.2, 0.25) is 0 Å². The summed E-state index contributed by atoms with van der Waals surface area (Å²) >= 11 is 9.87. The molecule has 1 unspecified atom stereocenters. The SMILES string of the molecule is CCNC(c1cc2cccc(Br)c2o1)c1ccccc1Cl. The van der Waals surface area contributed by atoms with Gasteiger partial charge in [0.15, 0.2) is 0 Å². The van der Waals surface area contributed by atoms with E-state index in [1.807, 2.05) is 42.5 Å². The van der Waals surface area contributed by atoms with Gasteiger partial charge in [-0.15, -0.1) is 0 Å². The van der Waals surface area contributed by atoms with E-state index in [0.29, 0.717) is 0 Å². The molecule has 21 heavy (non-hydrogen) atoms. The van der Waals surface area contributed by atoms with Crippen molar-refractivity contribution in [1.82, 2.24) is 5.32 Å². The second-order valence-electron chi connectivity index (χ2n) is 4.82. The van der Waals surface area contributed by atoms with Crippen LogP contribution in [0, 0.1) is 0 Å². The van der Waals surface area contributed by atoms with E-state index in [9.17, 15) is 0 Å². The van der Waals surface area contributed by atoms with Gasteiger partial charge in [0.25, 0.3) is 0 Å². The van der Waals surface area contributed by atoms with Crippen LogP contribution in [0.4, 0.5) is 0 Å². The average molecular weight is 365 g/mol. The van der Waals surface area contributed by atoms with Crippen LogP contribution in [0.25, 0.3) is 11.0 Å². The van der Waals surface area contributed by atoms with Crippen LogP contribution in [-0.4, -0.2) is 6.54 Å². The maximum Gasteiger partial charge on any atom is 0.148 e. The molecule has 0 aliphatic rings. The van der Waals surface area contributed by atoms with Gasteiger partial charge in [-0.2, -0.15) is 0 Å². The summed E-state index contributed by atoms with van der Waals surface area (Å²) in [5.41, 5.74) is 1.89. The number of halogens is 2. The maximum absolute atomic E-state index is 6.34. The molecule has 1 atom stereocenters. The number of furan rings is 1. The Morgan fingerprint density at radius 1 is 1.19 bits per heavy atom. The van der Waals surface area contributed by atoms with Gasteiger partial charge >= 0.3 is 0 Å². The molecule has 0 bridgehead atoms. The molecule has 0 aliphatic heterocycles. The second kappa shape index (κ2) is 6.22. The van der Waals surface area contributed by atoms with Crippen molar-refractivity contribution in [2.75, 3.05) is 6.54 Å². The molecule has 0 spiro atoms. The summed E-state index contributed by atoms with van der Waals surface area (Å²) in [5, 5.41) is 5.26. The number of benzene rings is 2. The number of nitrogens with one attached hydrogen (secondary N) is 1. The Bertz CT molecular complexity index is 768. The van der Waals surface area contributed by atoms with E-state index in [-0.39, 0.29) is 6.04 Å². The van der Waals surface area contributed by atoms with E-state index >= 15 is 0 Å². The van der Waals surface area contributed by atoms with Gasteiger partial charge in [-0.3, -0.25) is 0 Å². The van der Waals surface area contributed by atoms with Crippen LogP contribution in [0.5, 0.6) is 0 Å². The molecule has 0 saturated heterocycles. The predicted molar refractivity (Wildman–Crippen MR) is 90.9 cm³/mol. The van der Waals surface area contributed by atoms with Crippen molar-refractivity contribution in [2.45, 2.75) is 13.0 Å². The Morgan fingerprint density at radius 3 is 2.71 bits per heavy atom. The molecule has 0 amide bonds. The molecule has 0 fully saturated rings. The molecular formula is C17H15BrClNO. The van der Waals surface area contributed by atoms with Crippen molar-refractivity contribution >= 4 is 38.5 Å². The topological polar surface area (TPSA) is 25.2 Å². The van der Waals surface area contributed by atoms with Gasteiger partial charge in [-0.25, -0.2) is 0 Å². The molecule has 4 heteroatoms. The molecule has 3 aromatic rings. The molecule has 1 heterocycles. The third-order valence-electron chi connectivity index (χ3n) is 3.42. The molecular weight excluding hydrogens is 350 g/mol. The van der Waals surface area contributed by atoms with Gasteiger partial charge in [0.05, 0.1) is 10.5 Å². The average Bonchev–Trinajstić information content (AvgIpc) is 2.91. The summed E-state index contributed by atoms with van der Waals surface area (Å²) in [7, 11) is 0. The van der Waals surface area contributed by atoms with Crippen LogP contribution in [0.1, 0.15) is 24.3 Å². The lowest BCUT2D eigenvalue weighted by Gasteiger charge is -2.17. The van der Waals surface area contributed by atoms with Crippen LogP contribution in [0.2, 0.25) is 5.02 Å². The third kappa shape index (κ3) is 2.86. The van der Waals surface area contributed by atoms with Crippen LogP contribution < -0.4 is 5.32 Å². The normalized spacial score (nSPS) is 12.7. The van der Waals surface area contributed by atoms with Gasteiger partial charge in [0.1, 0.15) is 11.3 Å². The van der Waals surface area contributed by atoms with E-state index in [0.717, 1.165) is 38.3 Å². The van der Waals surface area contributed by atoms with Crippen LogP contribution >= 0.6 is 27.5 Å². The fourth-order valence-corrected chi connectivity index (χ4v) is 3.17. The number of fused-ring (bicyclic) bond motifs is 1. The third-order valence-corrected chi connectivity index (χ3v) is 4.39. The first-order valence-corrected chi connectivity index (χ1v) is 8.03. The zero-order valence-electron chi connectivity index (χ0n) is 11.6. The van der Waals surface area contributed by atoms with E-state index in [1.54, 1.807) is 0 Å². The van der Waals surface area contributed by atoms with Crippen molar-refractivity contribution in [3.63, 3.8) is 0 Å². The van der Waals surface area contributed by atoms with Crippen molar-refractivity contribution in [3.8, 4) is 0 Å². The Morgan fingerprint density at radius 2 is 2.00 bits per heavy atom. The predicted octanol–water partition coefficient (Wildman–Crippen LogP) is 5.55. The first-order chi connectivity index (χ1) is 10.2. The highest BCUT2D eigenvalue weighted by Gasteiger charge is 2.20. The fourth-order valence-electron chi connectivity index (χ4n) is 2.47. The van der Waals surface area contributed by atoms with E-state index in [2.05, 4.69) is 34.2 Å². The summed E-state index contributed by atoms with van der Waals surface area (Å²) in [6.45, 7) is 2.90. The molecule has 0 aliphatic carbocycles. The fraction of sp³-hybridized carbons (Fsp3) is 0.176. The molecule has 1 aromatic heterocycles. The van der Waals surface area contributed by atoms with Gasteiger partial charge < -0.3 is 9.73 Å². The summed E-state index contributed by atoms with van der Waals surface area (Å²) in [4.78, 5) is 0. The van der Waals surface area contributed by atoms with Gasteiger partial charge in [0, 0.05) is 10.4 Å². The largest absolute Gasteiger partial charge is 0.458 e. The molecule has 0 saturated carbocycles. The van der Waals surface area contributed by atoms with Crippen LogP contribution in [0.15, 0.2) is 57.4 Å². The number of rotatable bonds is 4. The minimum absolute atomic E-state index is 0.0528. The Balaban J connectivity index is 2.11. The minimum atomic E-state index is -0.0528. The van der Waals surface area contributed by atoms with E-state index < -0.39 is 0 Å². The van der Waals surface area contributed by atoms with Crippen molar-refractivity contribution in [2.24, 2.45) is 0 Å². The van der Waals surface area contributed by atoms with Crippen molar-refractivity contribution in [3.05, 3.63) is 69.3 Å². The van der Waals surface area contributed by atoms with Gasteiger partial charge in [-0.05, 0) is 46.2 Å². The summed E-state index contributed by atoms with van der Waals surface area (Å²) in [6.07, 6.45) is 0. The molecule has 0 radical (unpaired) electrons. The quantitative estimate of drug-likeness (QED) is 0.657. The lowest BCUT2D eigenvalue weighted by molar-refractivity contribution is 0.476. The Labute approximate surface area is 137 Å². The minimum Gasteiger partial charge on any atom is -0.458 e.